The van der Waals surface area contributed by atoms with Crippen LogP contribution in [0.25, 0.3) is 22.3 Å². The molecule has 1 aromatic carbocycles. The van der Waals surface area contributed by atoms with Crippen LogP contribution in [0.4, 0.5) is 10.1 Å². The van der Waals surface area contributed by atoms with Crippen molar-refractivity contribution in [2.24, 2.45) is 0 Å². The van der Waals surface area contributed by atoms with Crippen LogP contribution in [0.5, 0.6) is 5.88 Å². The lowest BCUT2D eigenvalue weighted by Gasteiger charge is -2.23. The van der Waals surface area contributed by atoms with Gasteiger partial charge in [0.05, 0.1) is 33.8 Å². The number of hydrogen-bond acceptors (Lipinski definition) is 8. The summed E-state index contributed by atoms with van der Waals surface area (Å²) < 4.78 is 54.1. The largest absolute Gasteiger partial charge is 0.473 e. The Kier molecular flexibility index (Phi) is 6.58. The third-order valence-electron chi connectivity index (χ3n) is 5.43. The molecule has 0 spiro atoms. The minimum Gasteiger partial charge on any atom is -0.473 e. The van der Waals surface area contributed by atoms with Crippen molar-refractivity contribution in [2.75, 3.05) is 17.9 Å². The van der Waals surface area contributed by atoms with Crippen molar-refractivity contribution in [3.8, 4) is 17.1 Å². The Bertz CT molecular complexity index is 1480. The van der Waals surface area contributed by atoms with Crippen LogP contribution in [0.3, 0.4) is 0 Å². The number of hydrogen-bond donors (Lipinski definition) is 1. The zero-order valence-corrected chi connectivity index (χ0v) is 20.6. The summed E-state index contributed by atoms with van der Waals surface area (Å²) in [5, 5.41) is 0. The number of sulfonamides is 1. The van der Waals surface area contributed by atoms with Crippen molar-refractivity contribution in [1.29, 1.82) is 0 Å². The first-order chi connectivity index (χ1) is 16.9. The number of ether oxygens (including phenoxy) is 2. The molecule has 1 aliphatic heterocycles. The molecule has 4 heterocycles. The van der Waals surface area contributed by atoms with Gasteiger partial charge in [-0.15, -0.1) is 0 Å². The van der Waals surface area contributed by atoms with E-state index in [-0.39, 0.29) is 21.2 Å². The lowest BCUT2D eigenvalue weighted by molar-refractivity contribution is 0.0243. The molecular formula is C23H19BrFN5O4S. The van der Waals surface area contributed by atoms with Crippen LogP contribution in [0, 0.1) is 5.95 Å². The van der Waals surface area contributed by atoms with Gasteiger partial charge in [0.25, 0.3) is 10.0 Å². The van der Waals surface area contributed by atoms with Gasteiger partial charge in [-0.3, -0.25) is 4.72 Å². The van der Waals surface area contributed by atoms with E-state index in [1.54, 1.807) is 30.3 Å². The first kappa shape index (κ1) is 23.5. The summed E-state index contributed by atoms with van der Waals surface area (Å²) in [6.45, 7) is 1.23. The maximum absolute atomic E-state index is 14.6. The molecule has 1 aliphatic rings. The molecule has 3 aromatic heterocycles. The molecule has 35 heavy (non-hydrogen) atoms. The van der Waals surface area contributed by atoms with Crippen molar-refractivity contribution in [1.82, 2.24) is 19.9 Å². The van der Waals surface area contributed by atoms with Crippen LogP contribution in [0.2, 0.25) is 0 Å². The number of pyridine rings is 2. The molecule has 0 bridgehead atoms. The summed E-state index contributed by atoms with van der Waals surface area (Å²) in [6, 6.07) is 11.1. The summed E-state index contributed by atoms with van der Waals surface area (Å²) in [4.78, 5) is 16.9. The number of aromatic nitrogens is 4. The Morgan fingerprint density at radius 2 is 1.83 bits per heavy atom. The first-order valence-electron chi connectivity index (χ1n) is 10.7. The van der Waals surface area contributed by atoms with Crippen molar-refractivity contribution < 1.29 is 22.3 Å². The van der Waals surface area contributed by atoms with Crippen molar-refractivity contribution in [3.63, 3.8) is 0 Å². The van der Waals surface area contributed by atoms with Gasteiger partial charge in [-0.25, -0.2) is 23.4 Å². The van der Waals surface area contributed by atoms with Gasteiger partial charge < -0.3 is 9.47 Å². The molecule has 0 amide bonds. The maximum atomic E-state index is 14.6. The average Bonchev–Trinajstić information content (AvgIpc) is 2.88. The zero-order valence-electron chi connectivity index (χ0n) is 18.2. The summed E-state index contributed by atoms with van der Waals surface area (Å²) in [5.41, 5.74) is 1.46. The molecule has 0 unspecified atom stereocenters. The van der Waals surface area contributed by atoms with Gasteiger partial charge >= 0.3 is 0 Å². The molecule has 1 fully saturated rings. The van der Waals surface area contributed by atoms with Gasteiger partial charge in [0.2, 0.25) is 11.8 Å². The Morgan fingerprint density at radius 1 is 1.06 bits per heavy atom. The topological polar surface area (TPSA) is 116 Å². The van der Waals surface area contributed by atoms with Crippen molar-refractivity contribution in [2.45, 2.75) is 23.8 Å². The predicted molar refractivity (Wildman–Crippen MR) is 130 cm³/mol. The number of fused-ring (bicyclic) bond motifs is 1. The molecule has 0 radical (unpaired) electrons. The minimum absolute atomic E-state index is 0.00687. The van der Waals surface area contributed by atoms with Crippen molar-refractivity contribution >= 4 is 42.7 Å². The molecule has 1 N–H and O–H groups in total. The number of nitrogens with zero attached hydrogens (tertiary/aromatic N) is 4. The Hall–Kier alpha value is -3.22. The first-order valence-corrected chi connectivity index (χ1v) is 13.0. The van der Waals surface area contributed by atoms with E-state index < -0.39 is 16.0 Å². The number of rotatable bonds is 6. The van der Waals surface area contributed by atoms with Gasteiger partial charge in [-0.05, 0) is 40.2 Å². The van der Waals surface area contributed by atoms with E-state index >= 15 is 0 Å². The van der Waals surface area contributed by atoms with E-state index in [4.69, 9.17) is 9.47 Å². The molecule has 12 heteroatoms. The van der Waals surface area contributed by atoms with Gasteiger partial charge in [-0.1, -0.05) is 18.2 Å². The molecular weight excluding hydrogens is 541 g/mol. The molecule has 0 atom stereocenters. The second-order valence-corrected chi connectivity index (χ2v) is 10.2. The normalized spacial score (nSPS) is 14.7. The van der Waals surface area contributed by atoms with E-state index in [1.165, 1.54) is 24.7 Å². The second-order valence-electron chi connectivity index (χ2n) is 7.74. The van der Waals surface area contributed by atoms with Crippen LogP contribution < -0.4 is 9.46 Å². The van der Waals surface area contributed by atoms with E-state index in [1.807, 2.05) is 0 Å². The highest BCUT2D eigenvalue weighted by atomic mass is 79.9. The molecule has 1 saturated heterocycles. The molecule has 4 aromatic rings. The second kappa shape index (κ2) is 9.80. The minimum atomic E-state index is -4.05. The highest BCUT2D eigenvalue weighted by molar-refractivity contribution is 9.10. The zero-order chi connectivity index (χ0) is 24.4. The molecule has 0 saturated carbocycles. The van der Waals surface area contributed by atoms with Crippen molar-refractivity contribution in [3.05, 3.63) is 65.4 Å². The number of nitrogens with one attached hydrogen (secondary N) is 1. The fraction of sp³-hybridized carbons (Fsp3) is 0.217. The Labute approximate surface area is 208 Å². The third-order valence-corrected chi connectivity index (χ3v) is 7.62. The Morgan fingerprint density at radius 3 is 2.60 bits per heavy atom. The maximum Gasteiger partial charge on any atom is 0.262 e. The highest BCUT2D eigenvalue weighted by Crippen LogP contribution is 2.36. The number of anilines is 1. The smallest absolute Gasteiger partial charge is 0.262 e. The van der Waals surface area contributed by atoms with Crippen LogP contribution >= 0.6 is 15.9 Å². The molecule has 5 rings (SSSR count). The number of benzene rings is 1. The van der Waals surface area contributed by atoms with Gasteiger partial charge in [-0.2, -0.15) is 9.37 Å². The standard InChI is InChI=1S/C23H19BrFN5O4S/c24-19-16(12-26-22(25)21(19)30-35(31,32)15-4-2-1-3-5-15)17-6-7-18-20(29-17)23(28-13-27-18)34-14-8-10-33-11-9-14/h1-7,12-14,30H,8-11H2. The van der Waals surface area contributed by atoms with E-state index in [0.29, 0.717) is 41.4 Å². The lowest BCUT2D eigenvalue weighted by Crippen LogP contribution is -2.26. The van der Waals surface area contributed by atoms with Gasteiger partial charge in [0, 0.05) is 24.6 Å². The fourth-order valence-corrected chi connectivity index (χ4v) is 5.42. The average molecular weight is 560 g/mol. The SMILES string of the molecule is O=S(=O)(Nc1c(F)ncc(-c2ccc3ncnc(OC4CCOCC4)c3n2)c1Br)c1ccccc1. The number of halogens is 2. The molecule has 0 aliphatic carbocycles. The summed E-state index contributed by atoms with van der Waals surface area (Å²) in [7, 11) is -4.05. The monoisotopic (exact) mass is 559 g/mol. The summed E-state index contributed by atoms with van der Waals surface area (Å²) in [6.07, 6.45) is 4.11. The summed E-state index contributed by atoms with van der Waals surface area (Å²) >= 11 is 3.33. The quantitative estimate of drug-likeness (QED) is 0.346. The lowest BCUT2D eigenvalue weighted by atomic mass is 10.1. The Balaban J connectivity index is 1.53. The third kappa shape index (κ3) is 4.95. The van der Waals surface area contributed by atoms with Crippen LogP contribution in [0.1, 0.15) is 12.8 Å². The van der Waals surface area contributed by atoms with E-state index in [0.717, 1.165) is 12.8 Å². The van der Waals surface area contributed by atoms with Crippen LogP contribution in [0.15, 0.2) is 64.4 Å². The van der Waals surface area contributed by atoms with E-state index in [2.05, 4.69) is 40.6 Å². The summed E-state index contributed by atoms with van der Waals surface area (Å²) in [5.74, 6) is -0.646. The molecule has 180 valence electrons. The van der Waals surface area contributed by atoms with E-state index in [9.17, 15) is 12.8 Å². The van der Waals surface area contributed by atoms with Crippen LogP contribution in [-0.2, 0) is 14.8 Å². The van der Waals surface area contributed by atoms with Gasteiger partial charge in [0.15, 0.2) is 5.52 Å². The van der Waals surface area contributed by atoms with Gasteiger partial charge in [0.1, 0.15) is 18.1 Å². The highest BCUT2D eigenvalue weighted by Gasteiger charge is 2.23. The predicted octanol–water partition coefficient (Wildman–Crippen LogP) is 4.35. The molecule has 9 nitrogen and oxygen atoms in total. The fourth-order valence-electron chi connectivity index (χ4n) is 3.63. The van der Waals surface area contributed by atoms with Crippen LogP contribution in [-0.4, -0.2) is 47.7 Å².